The fourth-order valence-electron chi connectivity index (χ4n) is 1.70. The van der Waals surface area contributed by atoms with E-state index in [2.05, 4.69) is 28.8 Å². The van der Waals surface area contributed by atoms with E-state index in [-0.39, 0.29) is 0 Å². The lowest BCUT2D eigenvalue weighted by Gasteiger charge is -2.08. The van der Waals surface area contributed by atoms with Gasteiger partial charge in [0.2, 0.25) is 0 Å². The molecule has 0 spiro atoms. The predicted molar refractivity (Wildman–Crippen MR) is 65.5 cm³/mol. The predicted octanol–water partition coefficient (Wildman–Crippen LogP) is 1.77. The maximum Gasteiger partial charge on any atom is 0.315 e. The van der Waals surface area contributed by atoms with Gasteiger partial charge in [0.25, 0.3) is 0 Å². The van der Waals surface area contributed by atoms with Gasteiger partial charge in [0, 0.05) is 0 Å². The van der Waals surface area contributed by atoms with E-state index in [9.17, 15) is 0 Å². The standard InChI is InChI=1S/C11H12NOS2/c1-2-4-10-9(3-1)14-11(15-10)12-5-7-13-8-6-12/h1-4H,5-8H2/q+1. The second-order valence-corrected chi connectivity index (χ2v) is 5.84. The van der Waals surface area contributed by atoms with Crippen LogP contribution in [0.3, 0.4) is 0 Å². The summed E-state index contributed by atoms with van der Waals surface area (Å²) < 4.78 is 12.0. The summed E-state index contributed by atoms with van der Waals surface area (Å²) in [5.41, 5.74) is 0. The minimum Gasteiger partial charge on any atom is -0.368 e. The van der Waals surface area contributed by atoms with Crippen LogP contribution in [0.15, 0.2) is 24.3 Å². The van der Waals surface area contributed by atoms with Gasteiger partial charge >= 0.3 is 3.98 Å². The number of rotatable bonds is 0. The van der Waals surface area contributed by atoms with Crippen molar-refractivity contribution in [2.45, 2.75) is 0 Å². The van der Waals surface area contributed by atoms with Crippen LogP contribution < -0.4 is 8.56 Å². The molecule has 2 heterocycles. The van der Waals surface area contributed by atoms with Crippen LogP contribution in [0.5, 0.6) is 0 Å². The monoisotopic (exact) mass is 238 g/mol. The molecule has 4 heteroatoms. The van der Waals surface area contributed by atoms with Gasteiger partial charge in [0.15, 0.2) is 13.1 Å². The van der Waals surface area contributed by atoms with Crippen LogP contribution in [0.1, 0.15) is 0 Å². The molecule has 0 N–H and O–H groups in total. The van der Waals surface area contributed by atoms with Gasteiger partial charge < -0.3 is 4.74 Å². The van der Waals surface area contributed by atoms with Gasteiger partial charge in [-0.2, -0.15) is 0 Å². The Kier molecular flexibility index (Phi) is 2.56. The average Bonchev–Trinajstić information content (AvgIpc) is 2.74. The van der Waals surface area contributed by atoms with Gasteiger partial charge in [-0.05, 0) is 12.1 Å². The smallest absolute Gasteiger partial charge is 0.315 e. The Morgan fingerprint density at radius 2 is 1.60 bits per heavy atom. The molecule has 1 aliphatic heterocycles. The Morgan fingerprint density at radius 3 is 2.20 bits per heavy atom. The Hall–Kier alpha value is -0.710. The molecular formula is C11H12NOS2+. The number of morpholine rings is 1. The summed E-state index contributed by atoms with van der Waals surface area (Å²) in [5, 5.41) is 0. The summed E-state index contributed by atoms with van der Waals surface area (Å²) in [6.45, 7) is 3.79. The Bertz CT molecular complexity index is 497. The van der Waals surface area contributed by atoms with E-state index in [0.717, 1.165) is 26.3 Å². The average molecular weight is 238 g/mol. The molecular weight excluding hydrogens is 226 g/mol. The van der Waals surface area contributed by atoms with Crippen molar-refractivity contribution in [3.63, 3.8) is 0 Å². The zero-order valence-electron chi connectivity index (χ0n) is 8.31. The Labute approximate surface area is 96.1 Å². The van der Waals surface area contributed by atoms with Crippen LogP contribution in [0.25, 0.3) is 9.40 Å². The first-order valence-corrected chi connectivity index (χ1v) is 6.71. The molecule has 1 fully saturated rings. The van der Waals surface area contributed by atoms with Gasteiger partial charge in [-0.25, -0.2) is 4.58 Å². The summed E-state index contributed by atoms with van der Waals surface area (Å²) >= 11 is 3.79. The second kappa shape index (κ2) is 4.04. The second-order valence-electron chi connectivity index (χ2n) is 3.52. The lowest BCUT2D eigenvalue weighted by molar-refractivity contribution is 0.0976. The molecule has 0 bridgehead atoms. The molecule has 2 nitrogen and oxygen atoms in total. The summed E-state index contributed by atoms with van der Waals surface area (Å²) in [6, 6.07) is 8.60. The summed E-state index contributed by atoms with van der Waals surface area (Å²) in [6.07, 6.45) is 0. The molecule has 1 aromatic carbocycles. The number of hydrogen-bond donors (Lipinski definition) is 0. The van der Waals surface area contributed by atoms with E-state index in [1.54, 1.807) is 0 Å². The van der Waals surface area contributed by atoms with E-state index in [0.29, 0.717) is 0 Å². The molecule has 3 rings (SSSR count). The van der Waals surface area contributed by atoms with E-state index < -0.39 is 0 Å². The van der Waals surface area contributed by atoms with Crippen LogP contribution in [-0.4, -0.2) is 26.3 Å². The first-order chi connectivity index (χ1) is 7.43. The normalized spacial score (nSPS) is 17.2. The van der Waals surface area contributed by atoms with Crippen molar-refractivity contribution in [1.82, 2.24) is 4.58 Å². The van der Waals surface area contributed by atoms with E-state index in [4.69, 9.17) is 4.74 Å². The molecule has 0 radical (unpaired) electrons. The molecule has 0 amide bonds. The van der Waals surface area contributed by atoms with Crippen molar-refractivity contribution in [2.75, 3.05) is 26.3 Å². The fourth-order valence-corrected chi connectivity index (χ4v) is 4.29. The maximum absolute atomic E-state index is 5.36. The van der Waals surface area contributed by atoms with E-state index in [1.807, 2.05) is 22.7 Å². The molecule has 0 saturated carbocycles. The summed E-state index contributed by atoms with van der Waals surface area (Å²) in [4.78, 5) is 0. The highest BCUT2D eigenvalue weighted by Crippen LogP contribution is 2.19. The highest BCUT2D eigenvalue weighted by Gasteiger charge is 2.14. The van der Waals surface area contributed by atoms with Gasteiger partial charge in [-0.1, -0.05) is 34.8 Å². The molecule has 2 aromatic rings. The van der Waals surface area contributed by atoms with Crippen LogP contribution in [0.4, 0.5) is 0 Å². The van der Waals surface area contributed by atoms with Crippen molar-refractivity contribution in [3.8, 4) is 0 Å². The molecule has 1 aliphatic rings. The highest BCUT2D eigenvalue weighted by molar-refractivity contribution is 7.35. The third-order valence-corrected chi connectivity index (χ3v) is 5.16. The molecule has 0 atom stereocenters. The molecule has 15 heavy (non-hydrogen) atoms. The van der Waals surface area contributed by atoms with Crippen LogP contribution >= 0.6 is 22.7 Å². The zero-order chi connectivity index (χ0) is 10.1. The third-order valence-electron chi connectivity index (χ3n) is 2.51. The van der Waals surface area contributed by atoms with Crippen molar-refractivity contribution in [1.29, 1.82) is 0 Å². The minimum absolute atomic E-state index is 0.862. The quantitative estimate of drug-likeness (QED) is 0.637. The summed E-state index contributed by atoms with van der Waals surface area (Å²) in [5.74, 6) is 0. The number of benzene rings is 1. The van der Waals surface area contributed by atoms with E-state index in [1.165, 1.54) is 13.4 Å². The lowest BCUT2D eigenvalue weighted by Crippen LogP contribution is -2.37. The van der Waals surface area contributed by atoms with Crippen LogP contribution in [0, 0.1) is 0 Å². The van der Waals surface area contributed by atoms with Crippen molar-refractivity contribution < 1.29 is 4.74 Å². The van der Waals surface area contributed by atoms with Crippen molar-refractivity contribution in [2.24, 2.45) is 0 Å². The van der Waals surface area contributed by atoms with Crippen LogP contribution in [0.2, 0.25) is 0 Å². The first kappa shape index (κ1) is 9.51. The topological polar surface area (TPSA) is 12.2 Å². The molecule has 0 aliphatic carbocycles. The number of fused-ring (bicyclic) bond motifs is 1. The minimum atomic E-state index is 0.862. The Morgan fingerprint density at radius 1 is 1.00 bits per heavy atom. The molecule has 1 saturated heterocycles. The summed E-state index contributed by atoms with van der Waals surface area (Å²) in [7, 11) is 0. The van der Waals surface area contributed by atoms with Gasteiger partial charge in [0.1, 0.15) is 13.2 Å². The van der Waals surface area contributed by atoms with Crippen LogP contribution in [-0.2, 0) is 4.74 Å². The van der Waals surface area contributed by atoms with E-state index >= 15 is 0 Å². The maximum atomic E-state index is 5.36. The largest absolute Gasteiger partial charge is 0.368 e. The highest BCUT2D eigenvalue weighted by atomic mass is 32.2. The number of nitrogens with zero attached hydrogens (tertiary/aromatic N) is 1. The molecule has 1 aromatic heterocycles. The zero-order valence-corrected chi connectivity index (χ0v) is 9.94. The number of hydrogen-bond acceptors (Lipinski definition) is 3. The molecule has 78 valence electrons. The van der Waals surface area contributed by atoms with Gasteiger partial charge in [-0.15, -0.1) is 0 Å². The van der Waals surface area contributed by atoms with Crippen molar-refractivity contribution >= 4 is 32.1 Å². The van der Waals surface area contributed by atoms with Crippen molar-refractivity contribution in [3.05, 3.63) is 28.3 Å². The number of ether oxygens (including phenoxy) is 1. The fraction of sp³-hybridized carbons (Fsp3) is 0.364. The van der Waals surface area contributed by atoms with Gasteiger partial charge in [-0.3, -0.25) is 0 Å². The first-order valence-electron chi connectivity index (χ1n) is 5.08. The Balaban J connectivity index is 2.17. The lowest BCUT2D eigenvalue weighted by atomic mass is 10.4. The van der Waals surface area contributed by atoms with Gasteiger partial charge in [0.05, 0.1) is 9.40 Å². The SMILES string of the molecule is c1ccc2sc(=[N+]3CCOCC3)sc2c1. The molecule has 0 unspecified atom stereocenters. The third kappa shape index (κ3) is 1.85.